The van der Waals surface area contributed by atoms with Gasteiger partial charge in [0.2, 0.25) is 11.7 Å². The summed E-state index contributed by atoms with van der Waals surface area (Å²) in [6.07, 6.45) is 8.21. The zero-order chi connectivity index (χ0) is 13.9. The van der Waals surface area contributed by atoms with E-state index in [-0.39, 0.29) is 18.1 Å². The number of hydrogen-bond acceptors (Lipinski definition) is 5. The summed E-state index contributed by atoms with van der Waals surface area (Å²) in [6, 6.07) is 0.150. The molecule has 3 unspecified atom stereocenters. The van der Waals surface area contributed by atoms with E-state index in [2.05, 4.69) is 10.1 Å². The number of nitrogens with zero attached hydrogens (tertiary/aromatic N) is 2. The van der Waals surface area contributed by atoms with Gasteiger partial charge >= 0.3 is 0 Å². The minimum absolute atomic E-state index is 0.0134. The average Bonchev–Trinajstić information content (AvgIpc) is 3.21. The van der Waals surface area contributed by atoms with Gasteiger partial charge < -0.3 is 15.0 Å². The van der Waals surface area contributed by atoms with E-state index >= 15 is 0 Å². The molecule has 1 aromatic heterocycles. The normalized spacial score (nSPS) is 29.1. The number of rotatable bonds is 5. The van der Waals surface area contributed by atoms with Gasteiger partial charge in [0.25, 0.3) is 0 Å². The third-order valence-corrected chi connectivity index (χ3v) is 4.49. The quantitative estimate of drug-likeness (QED) is 0.839. The predicted octanol–water partition coefficient (Wildman–Crippen LogP) is 2.93. The molecule has 1 aromatic rings. The second-order valence-electron chi connectivity index (χ2n) is 6.11. The molecule has 0 radical (unpaired) electrons. The smallest absolute Gasteiger partial charge is 0.231 e. The van der Waals surface area contributed by atoms with Crippen molar-refractivity contribution >= 4 is 0 Å². The molecular formula is C15H25N3O2. The molecular weight excluding hydrogens is 254 g/mol. The van der Waals surface area contributed by atoms with Crippen molar-refractivity contribution in [3.8, 4) is 0 Å². The summed E-state index contributed by atoms with van der Waals surface area (Å²) < 4.78 is 11.3. The minimum Gasteiger partial charge on any atom is -0.370 e. The van der Waals surface area contributed by atoms with E-state index in [1.165, 1.54) is 32.1 Å². The van der Waals surface area contributed by atoms with E-state index < -0.39 is 0 Å². The third kappa shape index (κ3) is 3.04. The molecule has 0 saturated heterocycles. The molecule has 2 aliphatic rings. The molecule has 0 bridgehead atoms. The highest BCUT2D eigenvalue weighted by Gasteiger charge is 2.37. The lowest BCUT2D eigenvalue weighted by Gasteiger charge is -2.16. The molecule has 0 aliphatic heterocycles. The molecule has 2 fully saturated rings. The van der Waals surface area contributed by atoms with Crippen LogP contribution in [0.25, 0.3) is 0 Å². The lowest BCUT2D eigenvalue weighted by molar-refractivity contribution is 0.0384. The van der Waals surface area contributed by atoms with Crippen LogP contribution in [0.2, 0.25) is 0 Å². The first-order valence-corrected chi connectivity index (χ1v) is 8.00. The van der Waals surface area contributed by atoms with Gasteiger partial charge in [0.15, 0.2) is 0 Å². The van der Waals surface area contributed by atoms with Crippen molar-refractivity contribution in [2.24, 2.45) is 11.7 Å². The van der Waals surface area contributed by atoms with Crippen LogP contribution in [0, 0.1) is 5.92 Å². The van der Waals surface area contributed by atoms with E-state index in [0.29, 0.717) is 12.5 Å². The van der Waals surface area contributed by atoms with E-state index in [4.69, 9.17) is 15.0 Å². The Balaban J connectivity index is 1.74. The van der Waals surface area contributed by atoms with Crippen LogP contribution in [0.4, 0.5) is 0 Å². The Bertz CT molecular complexity index is 431. The summed E-state index contributed by atoms with van der Waals surface area (Å²) in [5, 5.41) is 4.17. The van der Waals surface area contributed by atoms with Crippen molar-refractivity contribution in [1.29, 1.82) is 0 Å². The molecule has 5 heteroatoms. The fraction of sp³-hybridized carbons (Fsp3) is 0.867. The molecule has 0 spiro atoms. The van der Waals surface area contributed by atoms with Crippen LogP contribution in [-0.4, -0.2) is 22.8 Å². The van der Waals surface area contributed by atoms with Crippen molar-refractivity contribution < 1.29 is 9.26 Å². The van der Waals surface area contributed by atoms with Crippen LogP contribution in [-0.2, 0) is 4.74 Å². The topological polar surface area (TPSA) is 74.2 Å². The van der Waals surface area contributed by atoms with E-state index in [0.717, 1.165) is 24.6 Å². The van der Waals surface area contributed by atoms with Gasteiger partial charge in [-0.25, -0.2) is 0 Å². The molecule has 0 aromatic carbocycles. The Morgan fingerprint density at radius 2 is 2.05 bits per heavy atom. The van der Waals surface area contributed by atoms with Crippen molar-refractivity contribution in [3.63, 3.8) is 0 Å². The van der Waals surface area contributed by atoms with Crippen LogP contribution < -0.4 is 5.73 Å². The molecule has 3 atom stereocenters. The first kappa shape index (κ1) is 14.0. The van der Waals surface area contributed by atoms with Gasteiger partial charge in [-0.2, -0.15) is 4.98 Å². The number of aromatic nitrogens is 2. The Labute approximate surface area is 120 Å². The van der Waals surface area contributed by atoms with Gasteiger partial charge in [-0.15, -0.1) is 0 Å². The molecule has 1 heterocycles. The van der Waals surface area contributed by atoms with E-state index in [9.17, 15) is 0 Å². The molecule has 20 heavy (non-hydrogen) atoms. The zero-order valence-electron chi connectivity index (χ0n) is 12.3. The van der Waals surface area contributed by atoms with Crippen molar-refractivity contribution in [2.45, 2.75) is 69.9 Å². The van der Waals surface area contributed by atoms with E-state index in [1.807, 2.05) is 6.92 Å². The van der Waals surface area contributed by atoms with Gasteiger partial charge in [-0.3, -0.25) is 0 Å². The third-order valence-electron chi connectivity index (χ3n) is 4.49. The molecule has 2 N–H and O–H groups in total. The molecule has 2 aliphatic carbocycles. The lowest BCUT2D eigenvalue weighted by Crippen LogP contribution is -2.27. The summed E-state index contributed by atoms with van der Waals surface area (Å²) in [5.41, 5.74) is 6.27. The summed E-state index contributed by atoms with van der Waals surface area (Å²) in [7, 11) is 0. The molecule has 0 amide bonds. The summed E-state index contributed by atoms with van der Waals surface area (Å²) >= 11 is 0. The van der Waals surface area contributed by atoms with Crippen LogP contribution in [0.1, 0.15) is 75.6 Å². The highest BCUT2D eigenvalue weighted by molar-refractivity contribution is 5.04. The van der Waals surface area contributed by atoms with Gasteiger partial charge in [0.05, 0.1) is 5.92 Å². The average molecular weight is 279 g/mol. The zero-order valence-corrected chi connectivity index (χ0v) is 12.3. The van der Waals surface area contributed by atoms with E-state index in [1.54, 1.807) is 0 Å². The van der Waals surface area contributed by atoms with Crippen LogP contribution in [0.15, 0.2) is 4.52 Å². The number of hydrogen-bond donors (Lipinski definition) is 1. The molecule has 3 rings (SSSR count). The fourth-order valence-corrected chi connectivity index (χ4v) is 3.16. The van der Waals surface area contributed by atoms with Crippen LogP contribution >= 0.6 is 0 Å². The molecule has 112 valence electrons. The summed E-state index contributed by atoms with van der Waals surface area (Å²) in [4.78, 5) is 4.62. The van der Waals surface area contributed by atoms with Crippen LogP contribution in [0.5, 0.6) is 0 Å². The number of nitrogens with two attached hydrogens (primary N) is 1. The highest BCUT2D eigenvalue weighted by atomic mass is 16.5. The molecule has 5 nitrogen and oxygen atoms in total. The Morgan fingerprint density at radius 1 is 1.25 bits per heavy atom. The van der Waals surface area contributed by atoms with Gasteiger partial charge in [-0.1, -0.05) is 24.4 Å². The maximum atomic E-state index is 6.27. The predicted molar refractivity (Wildman–Crippen MR) is 75.2 cm³/mol. The summed E-state index contributed by atoms with van der Waals surface area (Å²) in [6.45, 7) is 2.70. The Hall–Kier alpha value is -0.940. The minimum atomic E-state index is 0.0134. The first-order valence-electron chi connectivity index (χ1n) is 8.00. The maximum absolute atomic E-state index is 6.27. The van der Waals surface area contributed by atoms with Crippen molar-refractivity contribution in [3.05, 3.63) is 11.7 Å². The highest BCUT2D eigenvalue weighted by Crippen LogP contribution is 2.42. The second-order valence-corrected chi connectivity index (χ2v) is 6.11. The largest absolute Gasteiger partial charge is 0.370 e. The van der Waals surface area contributed by atoms with Gasteiger partial charge in [-0.05, 0) is 38.5 Å². The Kier molecular flexibility index (Phi) is 4.36. The van der Waals surface area contributed by atoms with Crippen molar-refractivity contribution in [1.82, 2.24) is 10.1 Å². The SMILES string of the molecule is CCOC(c1noc(C2CCCCCC2N)n1)C1CC1. The van der Waals surface area contributed by atoms with Gasteiger partial charge in [0.1, 0.15) is 6.10 Å². The lowest BCUT2D eigenvalue weighted by atomic mass is 9.95. The Morgan fingerprint density at radius 3 is 2.80 bits per heavy atom. The standard InChI is InChI=1S/C15H25N3O2/c1-2-19-13(10-8-9-10)14-17-15(20-18-14)11-6-4-3-5-7-12(11)16/h10-13H,2-9,16H2,1H3. The fourth-order valence-electron chi connectivity index (χ4n) is 3.16. The molecule has 2 saturated carbocycles. The first-order chi connectivity index (χ1) is 9.79. The van der Waals surface area contributed by atoms with Crippen molar-refractivity contribution in [2.75, 3.05) is 6.61 Å². The monoisotopic (exact) mass is 279 g/mol. The van der Waals surface area contributed by atoms with Gasteiger partial charge in [0, 0.05) is 12.6 Å². The summed E-state index contributed by atoms with van der Waals surface area (Å²) in [5.74, 6) is 2.24. The van der Waals surface area contributed by atoms with Crippen LogP contribution in [0.3, 0.4) is 0 Å². The number of ether oxygens (including phenoxy) is 1. The second kappa shape index (κ2) is 6.22. The maximum Gasteiger partial charge on any atom is 0.231 e.